The first-order valence-electron chi connectivity index (χ1n) is 6.45. The van der Waals surface area contributed by atoms with E-state index < -0.39 is 18.5 Å². The SMILES string of the molecule is Cc1ccc(C(=O)OCC(=O)Nc2cccc(Cl)c2Cl)cc1. The van der Waals surface area contributed by atoms with E-state index in [1.807, 2.05) is 6.92 Å². The molecule has 0 radical (unpaired) electrons. The Kier molecular flexibility index (Phi) is 5.41. The molecule has 0 saturated carbocycles. The van der Waals surface area contributed by atoms with Gasteiger partial charge in [-0.15, -0.1) is 0 Å². The quantitative estimate of drug-likeness (QED) is 0.854. The summed E-state index contributed by atoms with van der Waals surface area (Å²) < 4.78 is 4.95. The number of halogens is 2. The van der Waals surface area contributed by atoms with Crippen molar-refractivity contribution in [2.75, 3.05) is 11.9 Å². The first kappa shape index (κ1) is 16.3. The molecule has 1 amide bonds. The highest BCUT2D eigenvalue weighted by Gasteiger charge is 2.12. The average Bonchev–Trinajstić information content (AvgIpc) is 2.50. The highest BCUT2D eigenvalue weighted by Crippen LogP contribution is 2.29. The summed E-state index contributed by atoms with van der Waals surface area (Å²) in [6, 6.07) is 11.7. The van der Waals surface area contributed by atoms with Gasteiger partial charge in [0.25, 0.3) is 5.91 Å². The molecule has 2 rings (SSSR count). The van der Waals surface area contributed by atoms with Crippen LogP contribution in [0.15, 0.2) is 42.5 Å². The molecule has 4 nitrogen and oxygen atoms in total. The minimum atomic E-state index is -0.563. The molecule has 1 N–H and O–H groups in total. The predicted octanol–water partition coefficient (Wildman–Crippen LogP) is 4.10. The van der Waals surface area contributed by atoms with Gasteiger partial charge < -0.3 is 10.1 Å². The fourth-order valence-corrected chi connectivity index (χ4v) is 2.04. The third kappa shape index (κ3) is 4.23. The summed E-state index contributed by atoms with van der Waals surface area (Å²) in [5.41, 5.74) is 1.79. The fourth-order valence-electron chi connectivity index (χ4n) is 1.69. The third-order valence-electron chi connectivity index (χ3n) is 2.85. The van der Waals surface area contributed by atoms with Crippen molar-refractivity contribution in [3.63, 3.8) is 0 Å². The molecule has 114 valence electrons. The molecule has 0 aliphatic rings. The standard InChI is InChI=1S/C16H13Cl2NO3/c1-10-5-7-11(8-6-10)16(21)22-9-14(20)19-13-4-2-3-12(17)15(13)18/h2-8H,9H2,1H3,(H,19,20). The predicted molar refractivity (Wildman–Crippen MR) is 86.6 cm³/mol. The molecule has 0 aliphatic carbocycles. The minimum Gasteiger partial charge on any atom is -0.452 e. The largest absolute Gasteiger partial charge is 0.452 e. The molecular weight excluding hydrogens is 325 g/mol. The highest BCUT2D eigenvalue weighted by atomic mass is 35.5. The molecule has 22 heavy (non-hydrogen) atoms. The van der Waals surface area contributed by atoms with Crippen molar-refractivity contribution < 1.29 is 14.3 Å². The molecule has 0 aromatic heterocycles. The maximum absolute atomic E-state index is 11.8. The molecule has 2 aromatic rings. The van der Waals surface area contributed by atoms with Gasteiger partial charge in [0.15, 0.2) is 6.61 Å². The Hall–Kier alpha value is -2.04. The van der Waals surface area contributed by atoms with Crippen molar-refractivity contribution in [3.05, 3.63) is 63.6 Å². The van der Waals surface area contributed by atoms with Gasteiger partial charge in [-0.3, -0.25) is 4.79 Å². The summed E-state index contributed by atoms with van der Waals surface area (Å²) in [6.07, 6.45) is 0. The van der Waals surface area contributed by atoms with Crippen molar-refractivity contribution in [1.82, 2.24) is 0 Å². The number of aryl methyl sites for hydroxylation is 1. The van der Waals surface area contributed by atoms with Crippen LogP contribution in [0.4, 0.5) is 5.69 Å². The van der Waals surface area contributed by atoms with Gasteiger partial charge in [0.1, 0.15) is 0 Å². The number of ether oxygens (including phenoxy) is 1. The molecule has 2 aromatic carbocycles. The highest BCUT2D eigenvalue weighted by molar-refractivity contribution is 6.44. The zero-order valence-corrected chi connectivity index (χ0v) is 13.2. The topological polar surface area (TPSA) is 55.4 Å². The molecule has 0 atom stereocenters. The molecule has 0 fully saturated rings. The number of hydrogen-bond acceptors (Lipinski definition) is 3. The Morgan fingerprint density at radius 1 is 1.09 bits per heavy atom. The number of amides is 1. The third-order valence-corrected chi connectivity index (χ3v) is 3.67. The van der Waals surface area contributed by atoms with Crippen LogP contribution in [0, 0.1) is 6.92 Å². The van der Waals surface area contributed by atoms with E-state index in [0.29, 0.717) is 16.3 Å². The average molecular weight is 338 g/mol. The summed E-state index contributed by atoms with van der Waals surface area (Å²) in [4.78, 5) is 23.6. The summed E-state index contributed by atoms with van der Waals surface area (Å²) >= 11 is 11.8. The van der Waals surface area contributed by atoms with E-state index in [2.05, 4.69) is 5.32 Å². The van der Waals surface area contributed by atoms with E-state index in [1.54, 1.807) is 42.5 Å². The smallest absolute Gasteiger partial charge is 0.338 e. The van der Waals surface area contributed by atoms with Gasteiger partial charge in [-0.2, -0.15) is 0 Å². The maximum Gasteiger partial charge on any atom is 0.338 e. The van der Waals surface area contributed by atoms with Crippen molar-refractivity contribution in [1.29, 1.82) is 0 Å². The second kappa shape index (κ2) is 7.29. The van der Waals surface area contributed by atoms with E-state index in [4.69, 9.17) is 27.9 Å². The number of hydrogen-bond donors (Lipinski definition) is 1. The normalized spacial score (nSPS) is 10.1. The summed E-state index contributed by atoms with van der Waals surface area (Å²) in [6.45, 7) is 1.51. The molecule has 6 heteroatoms. The molecule has 0 unspecified atom stereocenters. The van der Waals surface area contributed by atoms with Gasteiger partial charge in [0.05, 0.1) is 21.3 Å². The van der Waals surface area contributed by atoms with Crippen molar-refractivity contribution in [3.8, 4) is 0 Å². The number of carbonyl (C=O) groups excluding carboxylic acids is 2. The number of rotatable bonds is 4. The zero-order valence-electron chi connectivity index (χ0n) is 11.7. The first-order valence-corrected chi connectivity index (χ1v) is 7.20. The molecule has 0 bridgehead atoms. The Labute approximate surface area is 138 Å². The molecular formula is C16H13Cl2NO3. The second-order valence-electron chi connectivity index (χ2n) is 4.59. The fraction of sp³-hybridized carbons (Fsp3) is 0.125. The number of nitrogens with one attached hydrogen (secondary N) is 1. The van der Waals surface area contributed by atoms with Crippen molar-refractivity contribution in [2.45, 2.75) is 6.92 Å². The lowest BCUT2D eigenvalue weighted by Gasteiger charge is -2.09. The van der Waals surface area contributed by atoms with E-state index in [0.717, 1.165) is 5.56 Å². The van der Waals surface area contributed by atoms with Crippen LogP contribution in [0.5, 0.6) is 0 Å². The van der Waals surface area contributed by atoms with Crippen molar-refractivity contribution in [2.24, 2.45) is 0 Å². The van der Waals surface area contributed by atoms with Crippen LogP contribution in [0.3, 0.4) is 0 Å². The van der Waals surface area contributed by atoms with Crippen LogP contribution in [0.2, 0.25) is 10.0 Å². The van der Waals surface area contributed by atoms with Gasteiger partial charge >= 0.3 is 5.97 Å². The lowest BCUT2D eigenvalue weighted by molar-refractivity contribution is -0.119. The monoisotopic (exact) mass is 337 g/mol. The van der Waals surface area contributed by atoms with Gasteiger partial charge in [0, 0.05) is 0 Å². The summed E-state index contributed by atoms with van der Waals surface area (Å²) in [5, 5.41) is 3.10. The first-order chi connectivity index (χ1) is 10.5. The van der Waals surface area contributed by atoms with Gasteiger partial charge in [-0.25, -0.2) is 4.79 Å². The molecule has 0 heterocycles. The Bertz CT molecular complexity index is 699. The number of benzene rings is 2. The summed E-state index contributed by atoms with van der Waals surface area (Å²) in [5.74, 6) is -1.06. The number of esters is 1. The van der Waals surface area contributed by atoms with Gasteiger partial charge in [-0.1, -0.05) is 47.0 Å². The van der Waals surface area contributed by atoms with E-state index in [-0.39, 0.29) is 5.02 Å². The number of anilines is 1. The lowest BCUT2D eigenvalue weighted by atomic mass is 10.1. The van der Waals surface area contributed by atoms with Crippen LogP contribution in [-0.2, 0) is 9.53 Å². The molecule has 0 saturated heterocycles. The Morgan fingerprint density at radius 3 is 2.45 bits per heavy atom. The second-order valence-corrected chi connectivity index (χ2v) is 5.38. The zero-order chi connectivity index (χ0) is 16.1. The van der Waals surface area contributed by atoms with Crippen LogP contribution in [-0.4, -0.2) is 18.5 Å². The Morgan fingerprint density at radius 2 is 1.77 bits per heavy atom. The lowest BCUT2D eigenvalue weighted by Crippen LogP contribution is -2.21. The summed E-state index contributed by atoms with van der Waals surface area (Å²) in [7, 11) is 0. The van der Waals surface area contributed by atoms with E-state index in [1.165, 1.54) is 0 Å². The maximum atomic E-state index is 11.8. The van der Waals surface area contributed by atoms with Crippen LogP contribution in [0.1, 0.15) is 15.9 Å². The van der Waals surface area contributed by atoms with Crippen LogP contribution in [0.25, 0.3) is 0 Å². The van der Waals surface area contributed by atoms with Gasteiger partial charge in [0.2, 0.25) is 0 Å². The van der Waals surface area contributed by atoms with Crippen LogP contribution >= 0.6 is 23.2 Å². The minimum absolute atomic E-state index is 0.238. The van der Waals surface area contributed by atoms with Gasteiger partial charge in [-0.05, 0) is 31.2 Å². The molecule has 0 spiro atoms. The van der Waals surface area contributed by atoms with E-state index in [9.17, 15) is 9.59 Å². The van der Waals surface area contributed by atoms with Crippen LogP contribution < -0.4 is 5.32 Å². The van der Waals surface area contributed by atoms with Crippen molar-refractivity contribution >= 4 is 40.8 Å². The Balaban J connectivity index is 1.91. The number of carbonyl (C=O) groups is 2. The molecule has 0 aliphatic heterocycles. The van der Waals surface area contributed by atoms with E-state index >= 15 is 0 Å².